The number of amides is 1. The Bertz CT molecular complexity index is 960. The van der Waals surface area contributed by atoms with E-state index in [-0.39, 0.29) is 17.4 Å². The molecule has 0 unspecified atom stereocenters. The number of alkyl halides is 2. The minimum absolute atomic E-state index is 0.0884. The molecule has 0 radical (unpaired) electrons. The van der Waals surface area contributed by atoms with Crippen LogP contribution in [0.2, 0.25) is 0 Å². The van der Waals surface area contributed by atoms with Crippen LogP contribution in [0.25, 0.3) is 5.69 Å². The minimum Gasteiger partial charge on any atom is -0.486 e. The van der Waals surface area contributed by atoms with Gasteiger partial charge in [-0.25, -0.2) is 9.48 Å². The predicted molar refractivity (Wildman–Crippen MR) is 108 cm³/mol. The quantitative estimate of drug-likeness (QED) is 0.741. The van der Waals surface area contributed by atoms with Gasteiger partial charge in [0, 0.05) is 44.0 Å². The van der Waals surface area contributed by atoms with Crippen molar-refractivity contribution in [1.82, 2.24) is 14.7 Å². The summed E-state index contributed by atoms with van der Waals surface area (Å²) >= 11 is 0. The molecule has 7 nitrogen and oxygen atoms in total. The summed E-state index contributed by atoms with van der Waals surface area (Å²) in [6, 6.07) is 6.58. The minimum atomic E-state index is -2.95. The number of hydrogen-bond donors (Lipinski definition) is 0. The van der Waals surface area contributed by atoms with Gasteiger partial charge in [0.1, 0.15) is 11.4 Å². The van der Waals surface area contributed by atoms with Crippen molar-refractivity contribution in [2.24, 2.45) is 0 Å². The van der Waals surface area contributed by atoms with E-state index in [4.69, 9.17) is 9.47 Å². The molecule has 0 saturated carbocycles. The van der Waals surface area contributed by atoms with Crippen molar-refractivity contribution in [1.29, 1.82) is 0 Å². The first-order chi connectivity index (χ1) is 14.0. The van der Waals surface area contributed by atoms with Crippen molar-refractivity contribution in [3.05, 3.63) is 35.5 Å². The number of carbonyl (C=O) groups excluding carboxylic acids is 1. The van der Waals surface area contributed by atoms with Crippen LogP contribution in [0.15, 0.2) is 24.3 Å². The molecule has 0 aliphatic carbocycles. The van der Waals surface area contributed by atoms with E-state index in [1.807, 2.05) is 33.8 Å². The summed E-state index contributed by atoms with van der Waals surface area (Å²) in [5.74, 6) is -1.98. The number of rotatable bonds is 2. The van der Waals surface area contributed by atoms with E-state index in [2.05, 4.69) is 10.00 Å². The van der Waals surface area contributed by atoms with Gasteiger partial charge in [0.25, 0.3) is 0 Å². The van der Waals surface area contributed by atoms with Crippen molar-refractivity contribution in [3.8, 4) is 11.4 Å². The summed E-state index contributed by atoms with van der Waals surface area (Å²) in [5.41, 5.74) is 0.939. The van der Waals surface area contributed by atoms with Crippen LogP contribution in [0.1, 0.15) is 32.0 Å². The van der Waals surface area contributed by atoms with Crippen LogP contribution in [0.5, 0.6) is 5.75 Å². The maximum Gasteiger partial charge on any atom is 0.410 e. The second-order valence-electron chi connectivity index (χ2n) is 8.68. The predicted octanol–water partition coefficient (Wildman–Crippen LogP) is 3.72. The van der Waals surface area contributed by atoms with Crippen molar-refractivity contribution < 1.29 is 23.0 Å². The molecule has 0 spiro atoms. The molecule has 1 saturated heterocycles. The van der Waals surface area contributed by atoms with E-state index in [1.165, 1.54) is 6.07 Å². The van der Waals surface area contributed by atoms with Crippen LogP contribution in [0.3, 0.4) is 0 Å². The summed E-state index contributed by atoms with van der Waals surface area (Å²) < 4.78 is 39.9. The number of nitrogens with zero attached hydrogens (tertiary/aromatic N) is 4. The number of anilines is 1. The van der Waals surface area contributed by atoms with E-state index >= 15 is 0 Å². The molecule has 162 valence electrons. The third-order valence-corrected chi connectivity index (χ3v) is 5.14. The summed E-state index contributed by atoms with van der Waals surface area (Å²) in [7, 11) is 0. The zero-order chi connectivity index (χ0) is 21.7. The molecule has 9 heteroatoms. The van der Waals surface area contributed by atoms with Gasteiger partial charge in [-0.2, -0.15) is 13.9 Å². The van der Waals surface area contributed by atoms with Crippen molar-refractivity contribution in [2.45, 2.75) is 39.2 Å². The zero-order valence-electron chi connectivity index (χ0n) is 17.6. The Labute approximate surface area is 174 Å². The van der Waals surface area contributed by atoms with E-state index in [1.54, 1.807) is 21.7 Å². The van der Waals surface area contributed by atoms with Gasteiger partial charge in [-0.05, 0) is 39.8 Å². The third-order valence-electron chi connectivity index (χ3n) is 5.14. The highest BCUT2D eigenvalue weighted by Crippen LogP contribution is 2.42. The number of aromatic nitrogens is 2. The molecule has 2 aliphatic rings. The average molecular weight is 420 g/mol. The molecule has 30 heavy (non-hydrogen) atoms. The van der Waals surface area contributed by atoms with E-state index < -0.39 is 18.1 Å². The molecule has 2 aromatic rings. The number of carbonyl (C=O) groups is 1. The molecule has 1 aromatic heterocycles. The summed E-state index contributed by atoms with van der Waals surface area (Å²) in [4.78, 5) is 16.0. The largest absolute Gasteiger partial charge is 0.486 e. The third kappa shape index (κ3) is 3.93. The molecule has 3 heterocycles. The lowest BCUT2D eigenvalue weighted by molar-refractivity contribution is -0.0213. The fraction of sp³-hybridized carbons (Fsp3) is 0.524. The number of hydrogen-bond acceptors (Lipinski definition) is 5. The standard InChI is InChI=1S/C21H26F2N4O3/c1-14-11-18(25-7-9-26(10-8-25)19(28)30-20(2,3)4)24-27(14)15-5-6-16-17(12-15)29-13-21(16,22)23/h5-6,11-12H,7-10,13H2,1-4H3. The Kier molecular flexibility index (Phi) is 4.86. The Morgan fingerprint density at radius 1 is 1.17 bits per heavy atom. The molecule has 1 fully saturated rings. The number of fused-ring (bicyclic) bond motifs is 1. The van der Waals surface area contributed by atoms with E-state index in [9.17, 15) is 13.6 Å². The number of halogens is 2. The van der Waals surface area contributed by atoms with Crippen molar-refractivity contribution >= 4 is 11.9 Å². The molecule has 1 amide bonds. The number of benzene rings is 1. The Morgan fingerprint density at radius 3 is 2.53 bits per heavy atom. The Morgan fingerprint density at radius 2 is 1.87 bits per heavy atom. The first-order valence-electron chi connectivity index (χ1n) is 9.99. The molecule has 0 N–H and O–H groups in total. The average Bonchev–Trinajstić information content (AvgIpc) is 3.20. The maximum atomic E-state index is 13.8. The van der Waals surface area contributed by atoms with Gasteiger partial charge < -0.3 is 19.3 Å². The fourth-order valence-electron chi connectivity index (χ4n) is 3.63. The zero-order valence-corrected chi connectivity index (χ0v) is 17.6. The first-order valence-corrected chi connectivity index (χ1v) is 9.99. The van der Waals surface area contributed by atoms with Gasteiger partial charge in [0.2, 0.25) is 0 Å². The second kappa shape index (κ2) is 7.14. The van der Waals surface area contributed by atoms with Gasteiger partial charge in [-0.15, -0.1) is 0 Å². The maximum absolute atomic E-state index is 13.8. The number of piperazine rings is 1. The molecule has 2 aliphatic heterocycles. The molecule has 0 bridgehead atoms. The molecular formula is C21H26F2N4O3. The van der Waals surface area contributed by atoms with Gasteiger partial charge in [0.15, 0.2) is 12.4 Å². The highest BCUT2D eigenvalue weighted by atomic mass is 19.3. The highest BCUT2D eigenvalue weighted by Gasteiger charge is 2.41. The van der Waals surface area contributed by atoms with Crippen LogP contribution in [0, 0.1) is 6.92 Å². The van der Waals surface area contributed by atoms with E-state index in [0.29, 0.717) is 31.9 Å². The molecule has 1 aromatic carbocycles. The monoisotopic (exact) mass is 420 g/mol. The molecule has 0 atom stereocenters. The Hall–Kier alpha value is -2.84. The smallest absolute Gasteiger partial charge is 0.410 e. The van der Waals surface area contributed by atoms with Crippen molar-refractivity contribution in [2.75, 3.05) is 37.7 Å². The van der Waals surface area contributed by atoms with Gasteiger partial charge >= 0.3 is 12.0 Å². The van der Waals surface area contributed by atoms with Crippen molar-refractivity contribution in [3.63, 3.8) is 0 Å². The van der Waals surface area contributed by atoms with Gasteiger partial charge in [-0.1, -0.05) is 0 Å². The Balaban J connectivity index is 1.46. The van der Waals surface area contributed by atoms with Crippen LogP contribution in [-0.4, -0.2) is 59.2 Å². The lowest BCUT2D eigenvalue weighted by Crippen LogP contribution is -2.50. The number of aryl methyl sites for hydroxylation is 1. The normalized spacial score (nSPS) is 18.2. The lowest BCUT2D eigenvalue weighted by Gasteiger charge is -2.35. The molecule has 4 rings (SSSR count). The van der Waals surface area contributed by atoms with Gasteiger partial charge in [-0.3, -0.25) is 0 Å². The first kappa shape index (κ1) is 20.4. The van der Waals surface area contributed by atoms with E-state index in [0.717, 1.165) is 11.5 Å². The topological polar surface area (TPSA) is 59.8 Å². The number of ether oxygens (including phenoxy) is 2. The van der Waals surface area contributed by atoms with Crippen LogP contribution in [0.4, 0.5) is 19.4 Å². The second-order valence-corrected chi connectivity index (χ2v) is 8.68. The lowest BCUT2D eigenvalue weighted by atomic mass is 10.1. The van der Waals surface area contributed by atoms with Crippen LogP contribution in [-0.2, 0) is 10.7 Å². The summed E-state index contributed by atoms with van der Waals surface area (Å²) in [6.45, 7) is 9.19. The van der Waals surface area contributed by atoms with Crippen LogP contribution < -0.4 is 9.64 Å². The molecular weight excluding hydrogens is 394 g/mol. The highest BCUT2D eigenvalue weighted by molar-refractivity contribution is 5.68. The van der Waals surface area contributed by atoms with Gasteiger partial charge in [0.05, 0.1) is 11.3 Å². The fourth-order valence-corrected chi connectivity index (χ4v) is 3.63. The SMILES string of the molecule is Cc1cc(N2CCN(C(=O)OC(C)(C)C)CC2)nn1-c1ccc2c(c1)OCC2(F)F. The summed E-state index contributed by atoms with van der Waals surface area (Å²) in [5, 5.41) is 4.66. The van der Waals surface area contributed by atoms with Crippen LogP contribution >= 0.6 is 0 Å². The summed E-state index contributed by atoms with van der Waals surface area (Å²) in [6.07, 6.45) is -0.307.